The van der Waals surface area contributed by atoms with Gasteiger partial charge in [0.2, 0.25) is 5.91 Å². The highest BCUT2D eigenvalue weighted by atomic mass is 32.1. The zero-order valence-corrected chi connectivity index (χ0v) is 20.2. The second-order valence-corrected chi connectivity index (χ2v) is 10.0. The fourth-order valence-corrected chi connectivity index (χ4v) is 4.56. The molecular formula is C25H28FN3O4S. The number of anilines is 2. The number of hydrogen-bond donors (Lipinski definition) is 1. The molecule has 34 heavy (non-hydrogen) atoms. The molecule has 0 spiro atoms. The van der Waals surface area contributed by atoms with E-state index in [9.17, 15) is 9.59 Å². The van der Waals surface area contributed by atoms with Crippen molar-refractivity contribution in [2.45, 2.75) is 32.4 Å². The molecule has 2 amide bonds. The predicted molar refractivity (Wildman–Crippen MR) is 130 cm³/mol. The van der Waals surface area contributed by atoms with Gasteiger partial charge in [-0.3, -0.25) is 14.5 Å². The molecule has 1 aliphatic heterocycles. The first-order valence-electron chi connectivity index (χ1n) is 11.1. The maximum absolute atomic E-state index is 15.3. The van der Waals surface area contributed by atoms with E-state index in [1.54, 1.807) is 35.7 Å². The van der Waals surface area contributed by atoms with Gasteiger partial charge in [-0.1, -0.05) is 6.07 Å². The fraction of sp³-hybridized carbons (Fsp3) is 0.360. The van der Waals surface area contributed by atoms with Crippen LogP contribution in [0.25, 0.3) is 0 Å². The van der Waals surface area contributed by atoms with Crippen LogP contribution in [0.3, 0.4) is 0 Å². The van der Waals surface area contributed by atoms with Gasteiger partial charge in [0, 0.05) is 29.9 Å². The van der Waals surface area contributed by atoms with E-state index in [1.165, 1.54) is 34.8 Å². The largest absolute Gasteiger partial charge is 0.472 e. The van der Waals surface area contributed by atoms with Gasteiger partial charge < -0.3 is 19.4 Å². The Balaban J connectivity index is 1.79. The Bertz CT molecular complexity index is 1120. The molecule has 3 heterocycles. The van der Waals surface area contributed by atoms with Crippen molar-refractivity contribution in [1.29, 1.82) is 0 Å². The molecule has 1 atom stereocenters. The van der Waals surface area contributed by atoms with E-state index < -0.39 is 29.2 Å². The number of furan rings is 1. The van der Waals surface area contributed by atoms with Crippen LogP contribution in [0, 0.1) is 5.82 Å². The third-order valence-corrected chi connectivity index (χ3v) is 6.23. The maximum atomic E-state index is 15.3. The van der Waals surface area contributed by atoms with Crippen molar-refractivity contribution in [2.75, 3.05) is 36.1 Å². The Kier molecular flexibility index (Phi) is 7.04. The van der Waals surface area contributed by atoms with E-state index in [2.05, 4.69) is 5.32 Å². The summed E-state index contributed by atoms with van der Waals surface area (Å²) in [6.07, 6.45) is 2.88. The first-order valence-corrected chi connectivity index (χ1v) is 12.0. The number of nitrogens with zero attached hydrogens (tertiary/aromatic N) is 2. The quantitative estimate of drug-likeness (QED) is 0.552. The molecule has 1 aliphatic rings. The van der Waals surface area contributed by atoms with Crippen LogP contribution in [0.1, 0.15) is 42.0 Å². The standard InChI is InChI=1S/C25H28FN3O4S/c1-25(2,3)27-23(30)22(17-8-11-33-16-17)29(24(31)21-5-4-14-34-21)18-6-7-20(19(26)15-18)28-9-12-32-13-10-28/h4-8,11,14-16,22H,9-10,12-13H2,1-3H3,(H,27,30). The van der Waals surface area contributed by atoms with Gasteiger partial charge in [0.1, 0.15) is 11.9 Å². The first-order chi connectivity index (χ1) is 16.2. The monoisotopic (exact) mass is 485 g/mol. The number of benzene rings is 1. The predicted octanol–water partition coefficient (Wildman–Crippen LogP) is 4.62. The summed E-state index contributed by atoms with van der Waals surface area (Å²) in [5.41, 5.74) is 0.671. The summed E-state index contributed by atoms with van der Waals surface area (Å²) >= 11 is 1.26. The molecule has 1 unspecified atom stereocenters. The van der Waals surface area contributed by atoms with Gasteiger partial charge in [0.05, 0.1) is 36.3 Å². The molecule has 0 bridgehead atoms. The van der Waals surface area contributed by atoms with Gasteiger partial charge in [-0.05, 0) is 56.5 Å². The van der Waals surface area contributed by atoms with Crippen molar-refractivity contribution in [2.24, 2.45) is 0 Å². The maximum Gasteiger partial charge on any atom is 0.269 e. The van der Waals surface area contributed by atoms with Gasteiger partial charge in [-0.2, -0.15) is 0 Å². The number of ether oxygens (including phenoxy) is 1. The van der Waals surface area contributed by atoms with Crippen molar-refractivity contribution in [3.05, 3.63) is 70.6 Å². The Morgan fingerprint density at radius 3 is 2.53 bits per heavy atom. The van der Waals surface area contributed by atoms with Crippen LogP contribution in [-0.4, -0.2) is 43.7 Å². The highest BCUT2D eigenvalue weighted by Gasteiger charge is 2.36. The van der Waals surface area contributed by atoms with Crippen LogP contribution in [0.5, 0.6) is 0 Å². The second kappa shape index (κ2) is 9.99. The highest BCUT2D eigenvalue weighted by Crippen LogP contribution is 2.34. The van der Waals surface area contributed by atoms with Crippen molar-refractivity contribution in [1.82, 2.24) is 5.32 Å². The molecule has 0 saturated carbocycles. The molecule has 1 saturated heterocycles. The molecule has 9 heteroatoms. The topological polar surface area (TPSA) is 75.0 Å². The summed E-state index contributed by atoms with van der Waals surface area (Å²) < 4.78 is 26.0. The van der Waals surface area contributed by atoms with Crippen LogP contribution >= 0.6 is 11.3 Å². The lowest BCUT2D eigenvalue weighted by Crippen LogP contribution is -2.49. The number of thiophene rings is 1. The molecule has 1 fully saturated rings. The summed E-state index contributed by atoms with van der Waals surface area (Å²) in [7, 11) is 0. The van der Waals surface area contributed by atoms with Crippen LogP contribution in [0.15, 0.2) is 58.7 Å². The van der Waals surface area contributed by atoms with Crippen LogP contribution in [-0.2, 0) is 9.53 Å². The minimum Gasteiger partial charge on any atom is -0.472 e. The second-order valence-electron chi connectivity index (χ2n) is 9.09. The number of rotatable bonds is 6. The molecule has 3 aromatic rings. The molecule has 7 nitrogen and oxygen atoms in total. The molecule has 0 aliphatic carbocycles. The molecule has 180 valence electrons. The lowest BCUT2D eigenvalue weighted by molar-refractivity contribution is -0.123. The molecular weight excluding hydrogens is 457 g/mol. The number of carbonyl (C=O) groups is 2. The minimum atomic E-state index is -1.05. The van der Waals surface area contributed by atoms with Crippen molar-refractivity contribution in [3.63, 3.8) is 0 Å². The number of amides is 2. The SMILES string of the molecule is CC(C)(C)NC(=O)C(c1ccoc1)N(C(=O)c1cccs1)c1ccc(N2CCOCC2)c(F)c1. The van der Waals surface area contributed by atoms with Crippen molar-refractivity contribution in [3.8, 4) is 0 Å². The number of morpholine rings is 1. The number of nitrogens with one attached hydrogen (secondary N) is 1. The van der Waals surface area contributed by atoms with Gasteiger partial charge in [0.15, 0.2) is 0 Å². The average molecular weight is 486 g/mol. The molecule has 2 aromatic heterocycles. The highest BCUT2D eigenvalue weighted by molar-refractivity contribution is 7.12. The van der Waals surface area contributed by atoms with E-state index in [0.717, 1.165) is 0 Å². The summed E-state index contributed by atoms with van der Waals surface area (Å²) in [6.45, 7) is 7.80. The van der Waals surface area contributed by atoms with Crippen LogP contribution < -0.4 is 15.1 Å². The van der Waals surface area contributed by atoms with Gasteiger partial charge in [-0.15, -0.1) is 11.3 Å². The summed E-state index contributed by atoms with van der Waals surface area (Å²) in [5.74, 6) is -1.26. The zero-order chi connectivity index (χ0) is 24.3. The van der Waals surface area contributed by atoms with Gasteiger partial charge in [0.25, 0.3) is 5.91 Å². The fourth-order valence-electron chi connectivity index (χ4n) is 3.90. The molecule has 1 N–H and O–H groups in total. The van der Waals surface area contributed by atoms with E-state index in [1.807, 2.05) is 25.7 Å². The van der Waals surface area contributed by atoms with Crippen LogP contribution in [0.2, 0.25) is 0 Å². The Morgan fingerprint density at radius 1 is 1.18 bits per heavy atom. The van der Waals surface area contributed by atoms with E-state index in [4.69, 9.17) is 9.15 Å². The van der Waals surface area contributed by atoms with Gasteiger partial charge >= 0.3 is 0 Å². The Hall–Kier alpha value is -3.17. The number of carbonyl (C=O) groups excluding carboxylic acids is 2. The third kappa shape index (κ3) is 5.31. The summed E-state index contributed by atoms with van der Waals surface area (Å²) in [5, 5.41) is 4.74. The lowest BCUT2D eigenvalue weighted by Gasteiger charge is -2.33. The third-order valence-electron chi connectivity index (χ3n) is 5.38. The van der Waals surface area contributed by atoms with E-state index in [-0.39, 0.29) is 5.69 Å². The average Bonchev–Trinajstić information content (AvgIpc) is 3.50. The summed E-state index contributed by atoms with van der Waals surface area (Å²) in [4.78, 5) is 30.9. The number of hydrogen-bond acceptors (Lipinski definition) is 6. The van der Waals surface area contributed by atoms with Crippen LogP contribution in [0.4, 0.5) is 15.8 Å². The minimum absolute atomic E-state index is 0.281. The van der Waals surface area contributed by atoms with Gasteiger partial charge in [-0.25, -0.2) is 4.39 Å². The van der Waals surface area contributed by atoms with E-state index >= 15 is 4.39 Å². The summed E-state index contributed by atoms with van der Waals surface area (Å²) in [6, 6.07) is 8.68. The van der Waals surface area contributed by atoms with E-state index in [0.29, 0.717) is 42.4 Å². The normalized spacial score (nSPS) is 15.1. The van der Waals surface area contributed by atoms with Crippen molar-refractivity contribution >= 4 is 34.5 Å². The van der Waals surface area contributed by atoms with Crippen molar-refractivity contribution < 1.29 is 23.1 Å². The Labute approximate surface area is 202 Å². The molecule has 0 radical (unpaired) electrons. The zero-order valence-electron chi connectivity index (χ0n) is 19.4. The lowest BCUT2D eigenvalue weighted by atomic mass is 10.0. The Morgan fingerprint density at radius 2 is 1.94 bits per heavy atom. The smallest absolute Gasteiger partial charge is 0.269 e. The molecule has 1 aromatic carbocycles. The molecule has 4 rings (SSSR count). The number of halogens is 1. The first kappa shape index (κ1) is 24.0.